The van der Waals surface area contributed by atoms with E-state index in [0.29, 0.717) is 12.1 Å². The summed E-state index contributed by atoms with van der Waals surface area (Å²) < 4.78 is 14.6. The number of imidazole rings is 1. The number of aromatic nitrogens is 4. The minimum Gasteiger partial charge on any atom is -0.369 e. The molecule has 30 heavy (non-hydrogen) atoms. The van der Waals surface area contributed by atoms with Crippen molar-refractivity contribution in [2.75, 3.05) is 12.8 Å². The average molecular weight is 418 g/mol. The van der Waals surface area contributed by atoms with E-state index in [4.69, 9.17) is 15.2 Å². The molecule has 164 valence electrons. The van der Waals surface area contributed by atoms with Gasteiger partial charge in [0.05, 0.1) is 11.9 Å². The van der Waals surface area contributed by atoms with Crippen LogP contribution in [0, 0.1) is 5.41 Å². The molecule has 2 aromatic rings. The summed E-state index contributed by atoms with van der Waals surface area (Å²) in [5.41, 5.74) is 4.02. The number of H-pyrrole nitrogens is 1. The van der Waals surface area contributed by atoms with Crippen molar-refractivity contribution in [3.63, 3.8) is 0 Å². The van der Waals surface area contributed by atoms with Gasteiger partial charge >= 0.3 is 0 Å². The lowest BCUT2D eigenvalue weighted by molar-refractivity contribution is -0.186. The van der Waals surface area contributed by atoms with Crippen LogP contribution in [0.3, 0.4) is 0 Å². The standard InChI is InChI=1S/C20H30N6O4/c1-18(2,3)8-20-12(29-19(4,5)6)11(25(7)16(20)28)15(30-20)26-9-22-10-13(26)23-17(21)24-14(10)27/h9,11-12,15H,8H2,1-7H3,(H3,21,23,24,27)/t11?,12-,15-,20-/m1/s1. The predicted octanol–water partition coefficient (Wildman–Crippen LogP) is 1.43. The van der Waals surface area contributed by atoms with Crippen LogP contribution in [0.2, 0.25) is 0 Å². The van der Waals surface area contributed by atoms with Crippen LogP contribution in [0.15, 0.2) is 11.1 Å². The molecule has 2 bridgehead atoms. The van der Waals surface area contributed by atoms with Crippen molar-refractivity contribution in [1.82, 2.24) is 24.4 Å². The number of nitrogens with one attached hydrogen (secondary N) is 1. The molecule has 4 rings (SSSR count). The largest absolute Gasteiger partial charge is 0.369 e. The van der Waals surface area contributed by atoms with Crippen LogP contribution in [0.4, 0.5) is 5.95 Å². The van der Waals surface area contributed by atoms with Gasteiger partial charge in [0.25, 0.3) is 11.5 Å². The molecular weight excluding hydrogens is 388 g/mol. The van der Waals surface area contributed by atoms with Gasteiger partial charge in [0.2, 0.25) is 5.95 Å². The van der Waals surface area contributed by atoms with Crippen LogP contribution in [0.5, 0.6) is 0 Å². The quantitative estimate of drug-likeness (QED) is 0.771. The molecule has 2 saturated heterocycles. The van der Waals surface area contributed by atoms with Crippen LogP contribution in [-0.2, 0) is 14.3 Å². The van der Waals surface area contributed by atoms with Gasteiger partial charge in [0, 0.05) is 7.05 Å². The summed E-state index contributed by atoms with van der Waals surface area (Å²) in [6.45, 7) is 12.1. The fraction of sp³-hybridized carbons (Fsp3) is 0.700. The number of nitrogen functional groups attached to an aromatic ring is 1. The van der Waals surface area contributed by atoms with E-state index in [0.717, 1.165) is 0 Å². The number of rotatable bonds is 3. The highest BCUT2D eigenvalue weighted by molar-refractivity contribution is 5.90. The van der Waals surface area contributed by atoms with E-state index in [1.807, 2.05) is 20.8 Å². The highest BCUT2D eigenvalue weighted by Crippen LogP contribution is 2.53. The van der Waals surface area contributed by atoms with Gasteiger partial charge < -0.3 is 20.1 Å². The van der Waals surface area contributed by atoms with Crippen LogP contribution in [-0.4, -0.2) is 60.7 Å². The molecule has 1 amide bonds. The van der Waals surface area contributed by atoms with E-state index in [9.17, 15) is 9.59 Å². The molecule has 0 saturated carbocycles. The van der Waals surface area contributed by atoms with E-state index in [-0.39, 0.29) is 22.8 Å². The average Bonchev–Trinajstić information content (AvgIpc) is 3.15. The Morgan fingerprint density at radius 2 is 1.93 bits per heavy atom. The fourth-order valence-electron chi connectivity index (χ4n) is 4.68. The summed E-state index contributed by atoms with van der Waals surface area (Å²) in [6.07, 6.45) is 0.895. The lowest BCUT2D eigenvalue weighted by Gasteiger charge is -2.38. The number of likely N-dealkylation sites (tertiary alicyclic amines) is 1. The topological polar surface area (TPSA) is 128 Å². The molecule has 0 aromatic carbocycles. The first-order chi connectivity index (χ1) is 13.7. The fourth-order valence-corrected chi connectivity index (χ4v) is 4.68. The van der Waals surface area contributed by atoms with Gasteiger partial charge in [0.15, 0.2) is 23.0 Å². The Bertz CT molecular complexity index is 1060. The molecule has 4 atom stereocenters. The third-order valence-corrected chi connectivity index (χ3v) is 5.52. The first-order valence-corrected chi connectivity index (χ1v) is 10.1. The molecule has 3 N–H and O–H groups in total. The number of carbonyl (C=O) groups is 1. The van der Waals surface area contributed by atoms with Crippen LogP contribution in [0.25, 0.3) is 11.2 Å². The van der Waals surface area contributed by atoms with Crippen LogP contribution < -0.4 is 11.3 Å². The number of morpholine rings is 1. The van der Waals surface area contributed by atoms with Gasteiger partial charge in [-0.3, -0.25) is 19.1 Å². The van der Waals surface area contributed by atoms with Gasteiger partial charge in [-0.25, -0.2) is 4.98 Å². The molecular formula is C20H30N6O4. The number of aromatic amines is 1. The lowest BCUT2D eigenvalue weighted by Crippen LogP contribution is -2.52. The van der Waals surface area contributed by atoms with Crippen molar-refractivity contribution in [2.24, 2.45) is 5.41 Å². The Hall–Kier alpha value is -2.46. The van der Waals surface area contributed by atoms with E-state index in [2.05, 4.69) is 35.7 Å². The summed E-state index contributed by atoms with van der Waals surface area (Å²) >= 11 is 0. The van der Waals surface area contributed by atoms with Crippen molar-refractivity contribution < 1.29 is 14.3 Å². The Morgan fingerprint density at radius 1 is 1.27 bits per heavy atom. The van der Waals surface area contributed by atoms with Crippen LogP contribution >= 0.6 is 0 Å². The first kappa shape index (κ1) is 20.8. The summed E-state index contributed by atoms with van der Waals surface area (Å²) in [5, 5.41) is 0. The maximum atomic E-state index is 13.4. The second-order valence-electron chi connectivity index (χ2n) is 10.5. The number of hydrogen-bond donors (Lipinski definition) is 2. The Balaban J connectivity index is 1.87. The maximum absolute atomic E-state index is 13.4. The van der Waals surface area contributed by atoms with Crippen LogP contribution in [0.1, 0.15) is 54.2 Å². The zero-order valence-electron chi connectivity index (χ0n) is 18.5. The second kappa shape index (κ2) is 6.27. The Morgan fingerprint density at radius 3 is 2.53 bits per heavy atom. The number of amides is 1. The molecule has 2 fully saturated rings. The summed E-state index contributed by atoms with van der Waals surface area (Å²) in [5.74, 6) is -0.101. The molecule has 0 spiro atoms. The summed E-state index contributed by atoms with van der Waals surface area (Å²) in [4.78, 5) is 38.2. The zero-order valence-corrected chi connectivity index (χ0v) is 18.5. The number of fused-ring (bicyclic) bond motifs is 3. The smallest absolute Gasteiger partial charge is 0.280 e. The Labute approximate surface area is 174 Å². The van der Waals surface area contributed by atoms with Crippen molar-refractivity contribution >= 4 is 23.0 Å². The monoisotopic (exact) mass is 418 g/mol. The molecule has 0 radical (unpaired) electrons. The minimum atomic E-state index is -1.14. The second-order valence-corrected chi connectivity index (χ2v) is 10.5. The van der Waals surface area contributed by atoms with Gasteiger partial charge in [-0.15, -0.1) is 0 Å². The zero-order chi connectivity index (χ0) is 22.2. The van der Waals surface area contributed by atoms with Crippen molar-refractivity contribution in [1.29, 1.82) is 0 Å². The van der Waals surface area contributed by atoms with Gasteiger partial charge in [-0.2, -0.15) is 4.98 Å². The van der Waals surface area contributed by atoms with E-state index in [1.165, 1.54) is 6.33 Å². The predicted molar refractivity (Wildman–Crippen MR) is 111 cm³/mol. The molecule has 1 unspecified atom stereocenters. The number of carbonyl (C=O) groups excluding carboxylic acids is 1. The van der Waals surface area contributed by atoms with Crippen molar-refractivity contribution in [3.05, 3.63) is 16.7 Å². The van der Waals surface area contributed by atoms with Gasteiger partial charge in [0.1, 0.15) is 12.1 Å². The number of ether oxygens (including phenoxy) is 2. The highest BCUT2D eigenvalue weighted by Gasteiger charge is 2.70. The van der Waals surface area contributed by atoms with Crippen molar-refractivity contribution in [2.45, 2.75) is 77.5 Å². The lowest BCUT2D eigenvalue weighted by atomic mass is 9.79. The number of likely N-dealkylation sites (N-methyl/N-ethyl adjacent to an activating group) is 1. The van der Waals surface area contributed by atoms with Gasteiger partial charge in [-0.05, 0) is 32.6 Å². The van der Waals surface area contributed by atoms with E-state index >= 15 is 0 Å². The SMILES string of the molecule is CN1C(=O)[C@]2(CC(C)(C)C)O[C@@H](n3cnc4c(=O)[nH]c(N)nc43)C1[C@H]2OC(C)(C)C. The maximum Gasteiger partial charge on any atom is 0.280 e. The Kier molecular flexibility index (Phi) is 4.35. The summed E-state index contributed by atoms with van der Waals surface area (Å²) in [6, 6.07) is -0.404. The third kappa shape index (κ3) is 3.09. The molecule has 2 aromatic heterocycles. The number of anilines is 1. The number of nitrogens with two attached hydrogens (primary N) is 1. The van der Waals surface area contributed by atoms with E-state index in [1.54, 1.807) is 16.5 Å². The molecule has 10 heteroatoms. The minimum absolute atomic E-state index is 0.00580. The molecule has 2 aliphatic heterocycles. The van der Waals surface area contributed by atoms with E-state index < -0.39 is 35.1 Å². The number of hydrogen-bond acceptors (Lipinski definition) is 7. The number of nitrogens with zero attached hydrogens (tertiary/aromatic N) is 4. The molecule has 0 aliphatic carbocycles. The third-order valence-electron chi connectivity index (χ3n) is 5.52. The summed E-state index contributed by atoms with van der Waals surface area (Å²) in [7, 11) is 1.76. The molecule has 10 nitrogen and oxygen atoms in total. The molecule has 4 heterocycles. The normalized spacial score (nSPS) is 29.4. The van der Waals surface area contributed by atoms with Gasteiger partial charge in [-0.1, -0.05) is 20.8 Å². The highest BCUT2D eigenvalue weighted by atomic mass is 16.6. The van der Waals surface area contributed by atoms with Crippen molar-refractivity contribution in [3.8, 4) is 0 Å². The first-order valence-electron chi connectivity index (χ1n) is 10.1. The molecule has 2 aliphatic rings.